The Balaban J connectivity index is 2.40. The molecule has 1 aromatic rings. The van der Waals surface area contributed by atoms with E-state index in [0.717, 1.165) is 12.1 Å². The Morgan fingerprint density at radius 1 is 1.39 bits per heavy atom. The summed E-state index contributed by atoms with van der Waals surface area (Å²) in [5.74, 6) is -1.83. The fourth-order valence-electron chi connectivity index (χ4n) is 2.25. The maximum absolute atomic E-state index is 14.1. The highest BCUT2D eigenvalue weighted by Crippen LogP contribution is 2.29. The first kappa shape index (κ1) is 17.3. The number of hydrogen-bond donors (Lipinski definition) is 2. The van der Waals surface area contributed by atoms with Crippen LogP contribution in [0.25, 0.3) is 0 Å². The van der Waals surface area contributed by atoms with Crippen molar-refractivity contribution in [2.75, 3.05) is 6.61 Å². The van der Waals surface area contributed by atoms with Gasteiger partial charge in [0.1, 0.15) is 11.6 Å². The minimum absolute atomic E-state index is 0.131. The molecule has 0 aliphatic carbocycles. The fraction of sp³-hybridized carbons (Fsp3) is 0.375. The monoisotopic (exact) mass is 340 g/mol. The van der Waals surface area contributed by atoms with E-state index in [1.807, 2.05) is 13.8 Å². The Morgan fingerprint density at radius 3 is 2.70 bits per heavy atom. The second-order valence-electron chi connectivity index (χ2n) is 5.73. The zero-order chi connectivity index (χ0) is 17.1. The van der Waals surface area contributed by atoms with Crippen molar-refractivity contribution < 1.29 is 18.3 Å². The van der Waals surface area contributed by atoms with Crippen molar-refractivity contribution in [1.29, 1.82) is 0 Å². The van der Waals surface area contributed by atoms with Crippen LogP contribution in [0.1, 0.15) is 32.4 Å². The van der Waals surface area contributed by atoms with Gasteiger partial charge in [0.2, 0.25) is 0 Å². The highest BCUT2D eigenvalue weighted by atomic mass is 32.1. The zero-order valence-electron chi connectivity index (χ0n) is 13.1. The lowest BCUT2D eigenvalue weighted by atomic mass is 9.95. The second-order valence-corrected chi connectivity index (χ2v) is 6.14. The van der Waals surface area contributed by atoms with E-state index in [9.17, 15) is 13.6 Å². The quantitative estimate of drug-likeness (QED) is 0.652. The highest BCUT2D eigenvalue weighted by Gasteiger charge is 2.32. The maximum atomic E-state index is 14.1. The number of benzene rings is 1. The summed E-state index contributed by atoms with van der Waals surface area (Å²) in [4.78, 5) is 12.4. The fourth-order valence-corrected chi connectivity index (χ4v) is 2.52. The van der Waals surface area contributed by atoms with Crippen LogP contribution in [0.3, 0.4) is 0 Å². The molecule has 1 aliphatic rings. The van der Waals surface area contributed by atoms with E-state index in [1.54, 1.807) is 6.92 Å². The van der Waals surface area contributed by atoms with Gasteiger partial charge in [0, 0.05) is 17.3 Å². The smallest absolute Gasteiger partial charge is 0.338 e. The number of thiocarbonyl (C=S) groups is 1. The first-order valence-electron chi connectivity index (χ1n) is 7.20. The molecule has 0 bridgehead atoms. The number of nitrogens with one attached hydrogen (secondary N) is 2. The lowest BCUT2D eigenvalue weighted by Gasteiger charge is -2.30. The molecule has 1 heterocycles. The third kappa shape index (κ3) is 4.04. The number of esters is 1. The van der Waals surface area contributed by atoms with E-state index >= 15 is 0 Å². The van der Waals surface area contributed by atoms with Gasteiger partial charge in [-0.2, -0.15) is 0 Å². The van der Waals surface area contributed by atoms with E-state index in [-0.39, 0.29) is 28.8 Å². The van der Waals surface area contributed by atoms with E-state index < -0.39 is 23.6 Å². The van der Waals surface area contributed by atoms with Crippen LogP contribution in [-0.2, 0) is 9.53 Å². The number of hydrogen-bond acceptors (Lipinski definition) is 3. The van der Waals surface area contributed by atoms with Gasteiger partial charge in [-0.15, -0.1) is 0 Å². The van der Waals surface area contributed by atoms with Gasteiger partial charge in [-0.05, 0) is 31.1 Å². The third-order valence-corrected chi connectivity index (χ3v) is 3.53. The summed E-state index contributed by atoms with van der Waals surface area (Å²) in [7, 11) is 0. The van der Waals surface area contributed by atoms with Crippen LogP contribution in [0.4, 0.5) is 8.78 Å². The van der Waals surface area contributed by atoms with Crippen LogP contribution in [-0.4, -0.2) is 17.7 Å². The molecule has 4 nitrogen and oxygen atoms in total. The van der Waals surface area contributed by atoms with Crippen molar-refractivity contribution in [1.82, 2.24) is 10.6 Å². The molecule has 1 unspecified atom stereocenters. The Bertz CT molecular complexity index is 674. The molecule has 2 rings (SSSR count). The Hall–Kier alpha value is -2.02. The normalized spacial score (nSPS) is 17.8. The van der Waals surface area contributed by atoms with Crippen LogP contribution in [0.5, 0.6) is 0 Å². The Kier molecular flexibility index (Phi) is 5.30. The summed E-state index contributed by atoms with van der Waals surface area (Å²) >= 11 is 5.07. The molecule has 0 fully saturated rings. The summed E-state index contributed by atoms with van der Waals surface area (Å²) < 4.78 is 32.5. The molecule has 0 spiro atoms. The molecule has 0 radical (unpaired) electrons. The standard InChI is InChI=1S/C16H18F2N2O2S/c1-8(2)7-22-15(21)13-9(3)19-16(23)20-14(13)11-5-4-10(17)6-12(11)18/h4-6,8,14H,7H2,1-3H3,(H2,19,20,23). The Morgan fingerprint density at radius 2 is 2.09 bits per heavy atom. The van der Waals surface area contributed by atoms with Crippen LogP contribution < -0.4 is 10.6 Å². The summed E-state index contributed by atoms with van der Waals surface area (Å²) in [5, 5.41) is 5.93. The SMILES string of the molecule is CC1=C(C(=O)OCC(C)C)C(c2ccc(F)cc2F)NC(=S)N1. The van der Waals surface area contributed by atoms with Crippen molar-refractivity contribution in [2.45, 2.75) is 26.8 Å². The molecule has 124 valence electrons. The topological polar surface area (TPSA) is 50.4 Å². The molecule has 23 heavy (non-hydrogen) atoms. The van der Waals surface area contributed by atoms with Crippen molar-refractivity contribution in [2.24, 2.45) is 5.92 Å². The molecule has 0 aromatic heterocycles. The number of rotatable bonds is 4. The highest BCUT2D eigenvalue weighted by molar-refractivity contribution is 7.80. The van der Waals surface area contributed by atoms with E-state index in [4.69, 9.17) is 17.0 Å². The van der Waals surface area contributed by atoms with Crippen LogP contribution in [0.15, 0.2) is 29.5 Å². The predicted molar refractivity (Wildman–Crippen MR) is 86.5 cm³/mol. The number of halogens is 2. The molecule has 7 heteroatoms. The van der Waals surface area contributed by atoms with Crippen molar-refractivity contribution in [3.05, 3.63) is 46.7 Å². The van der Waals surface area contributed by atoms with Crippen LogP contribution in [0, 0.1) is 17.6 Å². The summed E-state index contributed by atoms with van der Waals surface area (Å²) in [6.45, 7) is 5.74. The molecule has 0 saturated heterocycles. The lowest BCUT2D eigenvalue weighted by molar-refractivity contribution is -0.140. The number of ether oxygens (including phenoxy) is 1. The first-order chi connectivity index (χ1) is 10.8. The first-order valence-corrected chi connectivity index (χ1v) is 7.60. The maximum Gasteiger partial charge on any atom is 0.338 e. The molecule has 1 aliphatic heterocycles. The second kappa shape index (κ2) is 7.04. The van der Waals surface area contributed by atoms with Gasteiger partial charge >= 0.3 is 5.97 Å². The minimum Gasteiger partial charge on any atom is -0.462 e. The van der Waals surface area contributed by atoms with Crippen molar-refractivity contribution in [3.8, 4) is 0 Å². The number of carbonyl (C=O) groups is 1. The van der Waals surface area contributed by atoms with Gasteiger partial charge in [0.15, 0.2) is 5.11 Å². The van der Waals surface area contributed by atoms with Crippen molar-refractivity contribution >= 4 is 23.3 Å². The van der Waals surface area contributed by atoms with E-state index in [0.29, 0.717) is 5.70 Å². The zero-order valence-corrected chi connectivity index (χ0v) is 13.9. The van der Waals surface area contributed by atoms with Crippen LogP contribution >= 0.6 is 12.2 Å². The number of carbonyl (C=O) groups excluding carboxylic acids is 1. The van der Waals surface area contributed by atoms with E-state index in [2.05, 4.69) is 10.6 Å². The van der Waals surface area contributed by atoms with Gasteiger partial charge in [-0.1, -0.05) is 19.9 Å². The minimum atomic E-state index is -0.830. The van der Waals surface area contributed by atoms with Gasteiger partial charge in [0.25, 0.3) is 0 Å². The summed E-state index contributed by atoms with van der Waals surface area (Å²) in [5.41, 5.74) is 0.840. The molecule has 0 saturated carbocycles. The molecular formula is C16H18F2N2O2S. The summed E-state index contributed by atoms with van der Waals surface area (Å²) in [6.07, 6.45) is 0. The van der Waals surface area contributed by atoms with Gasteiger partial charge in [0.05, 0.1) is 18.2 Å². The van der Waals surface area contributed by atoms with Gasteiger partial charge in [-0.25, -0.2) is 13.6 Å². The average Bonchev–Trinajstić information content (AvgIpc) is 2.44. The predicted octanol–water partition coefficient (Wildman–Crippen LogP) is 2.96. The summed E-state index contributed by atoms with van der Waals surface area (Å²) in [6, 6.07) is 2.37. The molecule has 0 amide bonds. The van der Waals surface area contributed by atoms with Gasteiger partial charge in [-0.3, -0.25) is 0 Å². The van der Waals surface area contributed by atoms with Gasteiger partial charge < -0.3 is 15.4 Å². The van der Waals surface area contributed by atoms with Crippen molar-refractivity contribution in [3.63, 3.8) is 0 Å². The molecular weight excluding hydrogens is 322 g/mol. The van der Waals surface area contributed by atoms with E-state index in [1.165, 1.54) is 6.07 Å². The average molecular weight is 340 g/mol. The largest absolute Gasteiger partial charge is 0.462 e. The Labute approximate surface area is 138 Å². The number of allylic oxidation sites excluding steroid dienone is 1. The molecule has 1 aromatic carbocycles. The molecule has 1 atom stereocenters. The third-order valence-electron chi connectivity index (χ3n) is 3.31. The lowest BCUT2D eigenvalue weighted by Crippen LogP contribution is -2.45. The van der Waals surface area contributed by atoms with Crippen LogP contribution in [0.2, 0.25) is 0 Å². The molecule has 2 N–H and O–H groups in total.